The van der Waals surface area contributed by atoms with Gasteiger partial charge in [-0.3, -0.25) is 9.10 Å². The minimum atomic E-state index is -3.30. The van der Waals surface area contributed by atoms with Gasteiger partial charge >= 0.3 is 0 Å². The lowest BCUT2D eigenvalue weighted by Gasteiger charge is -2.16. The van der Waals surface area contributed by atoms with E-state index in [1.54, 1.807) is 36.4 Å². The van der Waals surface area contributed by atoms with E-state index in [0.29, 0.717) is 16.4 Å². The van der Waals surface area contributed by atoms with Crippen molar-refractivity contribution in [1.82, 2.24) is 0 Å². The maximum atomic E-state index is 12.1. The molecular formula is C17H19ClN2O3S. The van der Waals surface area contributed by atoms with Gasteiger partial charge in [-0.05, 0) is 42.3 Å². The van der Waals surface area contributed by atoms with Crippen molar-refractivity contribution in [2.24, 2.45) is 0 Å². The van der Waals surface area contributed by atoms with Crippen LogP contribution in [0.4, 0.5) is 11.4 Å². The molecule has 0 atom stereocenters. The molecule has 0 aromatic heterocycles. The molecule has 1 amide bonds. The normalized spacial score (nSPS) is 11.2. The minimum absolute atomic E-state index is 0.167. The molecule has 2 aromatic carbocycles. The molecule has 0 spiro atoms. The van der Waals surface area contributed by atoms with Gasteiger partial charge in [-0.1, -0.05) is 29.8 Å². The van der Waals surface area contributed by atoms with Crippen molar-refractivity contribution >= 4 is 38.9 Å². The number of sulfonamides is 1. The van der Waals surface area contributed by atoms with E-state index in [4.69, 9.17) is 11.6 Å². The first kappa shape index (κ1) is 18.3. The van der Waals surface area contributed by atoms with Gasteiger partial charge in [-0.15, -0.1) is 0 Å². The lowest BCUT2D eigenvalue weighted by Crippen LogP contribution is -2.24. The average molecular weight is 367 g/mol. The quantitative estimate of drug-likeness (QED) is 0.883. The molecule has 0 radical (unpaired) electrons. The Morgan fingerprint density at radius 2 is 1.79 bits per heavy atom. The number of benzene rings is 2. The third-order valence-corrected chi connectivity index (χ3v) is 5.23. The lowest BCUT2D eigenvalue weighted by molar-refractivity contribution is -0.115. The van der Waals surface area contributed by atoms with Crippen LogP contribution in [0, 0.1) is 6.92 Å². The van der Waals surface area contributed by atoms with Crippen LogP contribution in [0.5, 0.6) is 0 Å². The van der Waals surface area contributed by atoms with E-state index in [2.05, 4.69) is 5.32 Å². The van der Waals surface area contributed by atoms with E-state index in [9.17, 15) is 13.2 Å². The average Bonchev–Trinajstić information content (AvgIpc) is 2.50. The van der Waals surface area contributed by atoms with E-state index >= 15 is 0 Å². The predicted octanol–water partition coefficient (Wildman–Crippen LogP) is 3.23. The molecule has 24 heavy (non-hydrogen) atoms. The van der Waals surface area contributed by atoms with E-state index in [0.717, 1.165) is 17.4 Å². The Hall–Kier alpha value is -2.05. The van der Waals surface area contributed by atoms with Gasteiger partial charge in [-0.25, -0.2) is 8.42 Å². The van der Waals surface area contributed by atoms with Crippen molar-refractivity contribution in [1.29, 1.82) is 0 Å². The van der Waals surface area contributed by atoms with Gasteiger partial charge in [0.25, 0.3) is 0 Å². The number of amides is 1. The molecular weight excluding hydrogens is 348 g/mol. The van der Waals surface area contributed by atoms with Crippen LogP contribution in [0.2, 0.25) is 5.02 Å². The molecule has 0 aliphatic rings. The summed E-state index contributed by atoms with van der Waals surface area (Å²) in [5.74, 6) is -0.167. The van der Waals surface area contributed by atoms with Crippen LogP contribution in [-0.4, -0.2) is 27.6 Å². The fourth-order valence-corrected chi connectivity index (χ4v) is 2.76. The Kier molecular flexibility index (Phi) is 5.51. The van der Waals surface area contributed by atoms with Crippen molar-refractivity contribution in [2.75, 3.05) is 22.9 Å². The van der Waals surface area contributed by atoms with Crippen molar-refractivity contribution < 1.29 is 13.2 Å². The van der Waals surface area contributed by atoms with Crippen LogP contribution in [0.1, 0.15) is 11.1 Å². The molecule has 7 heteroatoms. The highest BCUT2D eigenvalue weighted by molar-refractivity contribution is 7.92. The molecule has 0 aliphatic carbocycles. The second kappa shape index (κ2) is 7.23. The monoisotopic (exact) mass is 366 g/mol. The predicted molar refractivity (Wildman–Crippen MR) is 98.2 cm³/mol. The highest BCUT2D eigenvalue weighted by Crippen LogP contribution is 2.20. The Morgan fingerprint density at radius 3 is 2.33 bits per heavy atom. The smallest absolute Gasteiger partial charge is 0.231 e. The van der Waals surface area contributed by atoms with Gasteiger partial charge in [0.1, 0.15) is 0 Å². The fraction of sp³-hybridized carbons (Fsp3) is 0.235. The number of halogens is 1. The van der Waals surface area contributed by atoms with E-state index in [1.807, 2.05) is 13.0 Å². The Labute approximate surface area is 147 Å². The van der Waals surface area contributed by atoms with Gasteiger partial charge in [0.05, 0.1) is 18.4 Å². The first-order valence-electron chi connectivity index (χ1n) is 7.25. The van der Waals surface area contributed by atoms with Crippen molar-refractivity contribution in [3.05, 3.63) is 58.6 Å². The number of carbonyl (C=O) groups is 1. The maximum absolute atomic E-state index is 12.1. The zero-order valence-corrected chi connectivity index (χ0v) is 15.3. The first-order chi connectivity index (χ1) is 11.2. The van der Waals surface area contributed by atoms with Crippen LogP contribution >= 0.6 is 11.6 Å². The summed E-state index contributed by atoms with van der Waals surface area (Å²) in [7, 11) is -1.81. The molecule has 5 nitrogen and oxygen atoms in total. The lowest BCUT2D eigenvalue weighted by atomic mass is 10.1. The largest absolute Gasteiger partial charge is 0.326 e. The molecule has 0 heterocycles. The number of hydrogen-bond acceptors (Lipinski definition) is 3. The number of rotatable bonds is 5. The van der Waals surface area contributed by atoms with Crippen LogP contribution in [0.25, 0.3) is 0 Å². The summed E-state index contributed by atoms with van der Waals surface area (Å²) >= 11 is 6.04. The number of nitrogens with one attached hydrogen (secondary N) is 1. The standard InChI is InChI=1S/C17H19ClN2O3S/c1-12-4-7-14(11-16(12)18)19-17(21)10-13-5-8-15(9-6-13)20(2)24(3,22)23/h4-9,11H,10H2,1-3H3,(H,19,21). The topological polar surface area (TPSA) is 66.5 Å². The zero-order valence-electron chi connectivity index (χ0n) is 13.7. The molecule has 0 fully saturated rings. The highest BCUT2D eigenvalue weighted by atomic mass is 35.5. The number of carbonyl (C=O) groups excluding carboxylic acids is 1. The summed E-state index contributed by atoms with van der Waals surface area (Å²) < 4.78 is 24.2. The second-order valence-electron chi connectivity index (χ2n) is 5.59. The Balaban J connectivity index is 2.03. The SMILES string of the molecule is Cc1ccc(NC(=O)Cc2ccc(N(C)S(C)(=O)=O)cc2)cc1Cl. The molecule has 0 saturated heterocycles. The number of aryl methyl sites for hydroxylation is 1. The molecule has 0 saturated carbocycles. The minimum Gasteiger partial charge on any atom is -0.326 e. The number of anilines is 2. The molecule has 2 rings (SSSR count). The van der Waals surface area contributed by atoms with E-state index in [-0.39, 0.29) is 12.3 Å². The van der Waals surface area contributed by atoms with Crippen molar-refractivity contribution in [3.63, 3.8) is 0 Å². The first-order valence-corrected chi connectivity index (χ1v) is 9.48. The summed E-state index contributed by atoms with van der Waals surface area (Å²) in [5.41, 5.74) is 2.92. The van der Waals surface area contributed by atoms with Crippen LogP contribution in [0.15, 0.2) is 42.5 Å². The summed E-state index contributed by atoms with van der Waals surface area (Å²) in [5, 5.41) is 3.39. The molecule has 2 aromatic rings. The molecule has 1 N–H and O–H groups in total. The summed E-state index contributed by atoms with van der Waals surface area (Å²) in [4.78, 5) is 12.1. The second-order valence-corrected chi connectivity index (χ2v) is 8.01. The number of nitrogens with zero attached hydrogens (tertiary/aromatic N) is 1. The third-order valence-electron chi connectivity index (χ3n) is 3.62. The maximum Gasteiger partial charge on any atom is 0.231 e. The van der Waals surface area contributed by atoms with Gasteiger partial charge in [-0.2, -0.15) is 0 Å². The number of hydrogen-bond donors (Lipinski definition) is 1. The van der Waals surface area contributed by atoms with E-state index < -0.39 is 10.0 Å². The van der Waals surface area contributed by atoms with E-state index in [1.165, 1.54) is 11.4 Å². The molecule has 0 aliphatic heterocycles. The third kappa shape index (κ3) is 4.72. The highest BCUT2D eigenvalue weighted by Gasteiger charge is 2.12. The van der Waals surface area contributed by atoms with Gasteiger partial charge in [0, 0.05) is 17.8 Å². The van der Waals surface area contributed by atoms with Gasteiger partial charge in [0.2, 0.25) is 15.9 Å². The van der Waals surface area contributed by atoms with Crippen LogP contribution < -0.4 is 9.62 Å². The summed E-state index contributed by atoms with van der Waals surface area (Å²) in [6, 6.07) is 12.2. The Morgan fingerprint density at radius 1 is 1.17 bits per heavy atom. The van der Waals surface area contributed by atoms with Gasteiger partial charge < -0.3 is 5.32 Å². The molecule has 128 valence electrons. The molecule has 0 unspecified atom stereocenters. The van der Waals surface area contributed by atoms with Crippen LogP contribution in [-0.2, 0) is 21.2 Å². The molecule has 0 bridgehead atoms. The summed E-state index contributed by atoms with van der Waals surface area (Å²) in [6.45, 7) is 1.89. The fourth-order valence-electron chi connectivity index (χ4n) is 2.08. The van der Waals surface area contributed by atoms with Crippen molar-refractivity contribution in [3.8, 4) is 0 Å². The van der Waals surface area contributed by atoms with Gasteiger partial charge in [0.15, 0.2) is 0 Å². The van der Waals surface area contributed by atoms with Crippen molar-refractivity contribution in [2.45, 2.75) is 13.3 Å². The Bertz CT molecular complexity index is 849. The zero-order chi connectivity index (χ0) is 17.9. The van der Waals surface area contributed by atoms with Crippen LogP contribution in [0.3, 0.4) is 0 Å². The summed E-state index contributed by atoms with van der Waals surface area (Å²) in [6.07, 6.45) is 1.33.